The van der Waals surface area contributed by atoms with Crippen LogP contribution in [0.25, 0.3) is 0 Å². The van der Waals surface area contributed by atoms with Gasteiger partial charge in [0.25, 0.3) is 0 Å². The maximum absolute atomic E-state index is 5.96. The van der Waals surface area contributed by atoms with E-state index in [1.165, 1.54) is 16.7 Å². The third kappa shape index (κ3) is 2.23. The molecule has 0 radical (unpaired) electrons. The Balaban J connectivity index is 2.05. The van der Waals surface area contributed by atoms with Crippen molar-refractivity contribution < 1.29 is 4.84 Å². The van der Waals surface area contributed by atoms with Crippen LogP contribution in [0.2, 0.25) is 0 Å². The molecule has 0 saturated heterocycles. The summed E-state index contributed by atoms with van der Waals surface area (Å²) in [5.74, 6) is 0.925. The van der Waals surface area contributed by atoms with Crippen molar-refractivity contribution in [2.45, 2.75) is 5.41 Å². The van der Waals surface area contributed by atoms with Gasteiger partial charge in [-0.1, -0.05) is 78.9 Å². The van der Waals surface area contributed by atoms with Gasteiger partial charge in [-0.25, -0.2) is 0 Å². The molecule has 0 fully saturated rings. The molecule has 3 aromatic rings. The minimum atomic E-state index is -0.230. The standard InChI is InChI=1S/C21H19NO/c1-22-16-21(17-10-4-2-5-11-17,18-12-6-3-7-13-18)19-14-8-9-15-20(19)23-22/h2-15H,16H2,1H3. The van der Waals surface area contributed by atoms with E-state index in [-0.39, 0.29) is 5.41 Å². The summed E-state index contributed by atoms with van der Waals surface area (Å²) in [5, 5.41) is 1.93. The summed E-state index contributed by atoms with van der Waals surface area (Å²) < 4.78 is 0. The molecule has 23 heavy (non-hydrogen) atoms. The van der Waals surface area contributed by atoms with Crippen molar-refractivity contribution in [2.75, 3.05) is 13.6 Å². The molecular formula is C21H19NO. The molecule has 2 nitrogen and oxygen atoms in total. The van der Waals surface area contributed by atoms with Crippen molar-refractivity contribution in [2.24, 2.45) is 0 Å². The first kappa shape index (κ1) is 14.0. The lowest BCUT2D eigenvalue weighted by Crippen LogP contribution is -2.46. The Morgan fingerprint density at radius 1 is 0.739 bits per heavy atom. The second-order valence-corrected chi connectivity index (χ2v) is 6.01. The van der Waals surface area contributed by atoms with Gasteiger partial charge in [0.05, 0.1) is 12.0 Å². The van der Waals surface area contributed by atoms with Gasteiger partial charge < -0.3 is 4.84 Å². The van der Waals surface area contributed by atoms with E-state index in [9.17, 15) is 0 Å². The van der Waals surface area contributed by atoms with Crippen molar-refractivity contribution >= 4 is 0 Å². The molecule has 0 spiro atoms. The van der Waals surface area contributed by atoms with E-state index in [0.29, 0.717) is 0 Å². The Morgan fingerprint density at radius 2 is 1.26 bits per heavy atom. The van der Waals surface area contributed by atoms with Crippen molar-refractivity contribution in [1.82, 2.24) is 5.06 Å². The second kappa shape index (κ2) is 5.56. The van der Waals surface area contributed by atoms with Gasteiger partial charge in [0.15, 0.2) is 5.75 Å². The summed E-state index contributed by atoms with van der Waals surface area (Å²) in [6, 6.07) is 29.8. The van der Waals surface area contributed by atoms with Crippen LogP contribution >= 0.6 is 0 Å². The normalized spacial score (nSPS) is 16.4. The summed E-state index contributed by atoms with van der Waals surface area (Å²) in [6.45, 7) is 0.776. The lowest BCUT2D eigenvalue weighted by atomic mass is 9.68. The van der Waals surface area contributed by atoms with Gasteiger partial charge in [-0.3, -0.25) is 0 Å². The molecule has 1 heterocycles. The average molecular weight is 301 g/mol. The number of rotatable bonds is 2. The average Bonchev–Trinajstić information content (AvgIpc) is 2.62. The van der Waals surface area contributed by atoms with Crippen LogP contribution in [0.1, 0.15) is 16.7 Å². The van der Waals surface area contributed by atoms with E-state index >= 15 is 0 Å². The van der Waals surface area contributed by atoms with Crippen LogP contribution in [0.5, 0.6) is 5.75 Å². The Hall–Kier alpha value is -2.58. The third-order valence-electron chi connectivity index (χ3n) is 4.59. The maximum Gasteiger partial charge on any atom is 0.151 e. The topological polar surface area (TPSA) is 12.5 Å². The van der Waals surface area contributed by atoms with Gasteiger partial charge in [0.1, 0.15) is 0 Å². The first-order valence-electron chi connectivity index (χ1n) is 7.90. The number of para-hydroxylation sites is 1. The molecular weight excluding hydrogens is 282 g/mol. The predicted molar refractivity (Wildman–Crippen MR) is 92.5 cm³/mol. The number of benzene rings is 3. The minimum Gasteiger partial charge on any atom is -0.406 e. The number of hydrogen-bond donors (Lipinski definition) is 0. The van der Waals surface area contributed by atoms with E-state index in [1.807, 2.05) is 24.2 Å². The highest BCUT2D eigenvalue weighted by atomic mass is 16.7. The lowest BCUT2D eigenvalue weighted by molar-refractivity contribution is -0.0574. The fourth-order valence-corrected chi connectivity index (χ4v) is 3.62. The molecule has 0 amide bonds. The highest BCUT2D eigenvalue weighted by molar-refractivity contribution is 5.56. The van der Waals surface area contributed by atoms with Crippen LogP contribution in [-0.2, 0) is 5.41 Å². The van der Waals surface area contributed by atoms with Crippen LogP contribution in [-0.4, -0.2) is 18.7 Å². The van der Waals surface area contributed by atoms with Gasteiger partial charge in [0.2, 0.25) is 0 Å². The highest BCUT2D eigenvalue weighted by Gasteiger charge is 2.43. The molecule has 1 aliphatic rings. The number of likely N-dealkylation sites (N-methyl/N-ethyl adjacent to an activating group) is 1. The summed E-state index contributed by atoms with van der Waals surface area (Å²) in [5.41, 5.74) is 3.56. The monoisotopic (exact) mass is 301 g/mol. The maximum atomic E-state index is 5.96. The molecule has 0 saturated carbocycles. The fraction of sp³-hybridized carbons (Fsp3) is 0.143. The van der Waals surface area contributed by atoms with Gasteiger partial charge in [-0.2, -0.15) is 0 Å². The molecule has 3 aromatic carbocycles. The smallest absolute Gasteiger partial charge is 0.151 e. The highest BCUT2D eigenvalue weighted by Crippen LogP contribution is 2.46. The third-order valence-corrected chi connectivity index (χ3v) is 4.59. The SMILES string of the molecule is CN1CC(c2ccccc2)(c2ccccc2)c2ccccc2O1. The zero-order valence-corrected chi connectivity index (χ0v) is 13.1. The summed E-state index contributed by atoms with van der Waals surface area (Å²) in [6.07, 6.45) is 0. The molecule has 0 aromatic heterocycles. The van der Waals surface area contributed by atoms with Gasteiger partial charge in [-0.05, 0) is 17.2 Å². The molecule has 0 atom stereocenters. The van der Waals surface area contributed by atoms with Crippen LogP contribution < -0.4 is 4.84 Å². The van der Waals surface area contributed by atoms with Crippen molar-refractivity contribution in [3.63, 3.8) is 0 Å². The predicted octanol–water partition coefficient (Wildman–Crippen LogP) is 4.26. The quantitative estimate of drug-likeness (QED) is 0.701. The Kier molecular flexibility index (Phi) is 3.40. The molecule has 0 aliphatic carbocycles. The molecule has 114 valence electrons. The van der Waals surface area contributed by atoms with E-state index in [4.69, 9.17) is 4.84 Å². The largest absolute Gasteiger partial charge is 0.406 e. The van der Waals surface area contributed by atoms with E-state index in [0.717, 1.165) is 12.3 Å². The summed E-state index contributed by atoms with van der Waals surface area (Å²) in [7, 11) is 2.00. The lowest BCUT2D eigenvalue weighted by Gasteiger charge is -2.43. The van der Waals surface area contributed by atoms with Crippen LogP contribution in [0.15, 0.2) is 84.9 Å². The number of hydrogen-bond acceptors (Lipinski definition) is 2. The summed E-state index contributed by atoms with van der Waals surface area (Å²) >= 11 is 0. The van der Waals surface area contributed by atoms with Crippen molar-refractivity contribution in [3.05, 3.63) is 102 Å². The van der Waals surface area contributed by atoms with Crippen LogP contribution in [0.3, 0.4) is 0 Å². The van der Waals surface area contributed by atoms with Crippen LogP contribution in [0, 0.1) is 0 Å². The van der Waals surface area contributed by atoms with Gasteiger partial charge >= 0.3 is 0 Å². The van der Waals surface area contributed by atoms with Gasteiger partial charge in [0, 0.05) is 12.6 Å². The molecule has 0 bridgehead atoms. The minimum absolute atomic E-state index is 0.230. The van der Waals surface area contributed by atoms with E-state index in [2.05, 4.69) is 72.8 Å². The van der Waals surface area contributed by atoms with Crippen molar-refractivity contribution in [3.8, 4) is 5.75 Å². The Labute approximate surface area is 136 Å². The molecule has 1 aliphatic heterocycles. The second-order valence-electron chi connectivity index (χ2n) is 6.01. The van der Waals surface area contributed by atoms with Crippen LogP contribution in [0.4, 0.5) is 0 Å². The Bertz CT molecular complexity index is 759. The fourth-order valence-electron chi connectivity index (χ4n) is 3.62. The Morgan fingerprint density at radius 3 is 1.87 bits per heavy atom. The van der Waals surface area contributed by atoms with Gasteiger partial charge in [-0.15, -0.1) is 5.06 Å². The molecule has 2 heteroatoms. The zero-order chi connectivity index (χ0) is 15.7. The number of nitrogens with zero attached hydrogens (tertiary/aromatic N) is 1. The first-order chi connectivity index (χ1) is 11.3. The number of fused-ring (bicyclic) bond motifs is 1. The van der Waals surface area contributed by atoms with Crippen molar-refractivity contribution in [1.29, 1.82) is 0 Å². The zero-order valence-electron chi connectivity index (χ0n) is 13.1. The first-order valence-corrected chi connectivity index (χ1v) is 7.90. The number of hydroxylamine groups is 2. The molecule has 4 rings (SSSR count). The summed E-state index contributed by atoms with van der Waals surface area (Å²) in [4.78, 5) is 5.96. The molecule has 0 unspecified atom stereocenters. The van der Waals surface area contributed by atoms with E-state index < -0.39 is 0 Å². The van der Waals surface area contributed by atoms with E-state index in [1.54, 1.807) is 0 Å². The molecule has 0 N–H and O–H groups in total.